The summed E-state index contributed by atoms with van der Waals surface area (Å²) in [5.41, 5.74) is -2.21. The maximum absolute atomic E-state index is 14.5. The largest absolute Gasteiger partial charge is 0.462 e. The van der Waals surface area contributed by atoms with Gasteiger partial charge in [-0.25, -0.2) is 4.79 Å². The van der Waals surface area contributed by atoms with Crippen LogP contribution in [0.25, 0.3) is 0 Å². The molecule has 0 amide bonds. The molecular weight excluding hydrogens is 591 g/mol. The second-order valence-corrected chi connectivity index (χ2v) is 8.10. The molecule has 0 heterocycles. The fraction of sp³-hybridized carbons (Fsp3) is 0.941. The van der Waals surface area contributed by atoms with Gasteiger partial charge in [0.05, 0.1) is 0 Å². The van der Waals surface area contributed by atoms with Crippen molar-refractivity contribution in [1.82, 2.24) is 0 Å². The van der Waals surface area contributed by atoms with Crippen molar-refractivity contribution in [2.75, 3.05) is 0 Å². The number of alkyl halides is 17. The molecule has 0 aliphatic rings. The van der Waals surface area contributed by atoms with Gasteiger partial charge < -0.3 is 4.74 Å². The monoisotopic (exact) mass is 608 g/mol. The predicted molar refractivity (Wildman–Crippen MR) is 87.2 cm³/mol. The number of carbonyl (C=O) groups excluding carboxylic acids is 1. The van der Waals surface area contributed by atoms with Crippen LogP contribution in [0.15, 0.2) is 0 Å². The van der Waals surface area contributed by atoms with Crippen molar-refractivity contribution in [2.24, 2.45) is 0 Å². The van der Waals surface area contributed by atoms with E-state index in [1.54, 1.807) is 6.92 Å². The van der Waals surface area contributed by atoms with Crippen molar-refractivity contribution >= 4 is 5.97 Å². The van der Waals surface area contributed by atoms with Crippen LogP contribution in [0.3, 0.4) is 0 Å². The minimum Gasteiger partial charge on any atom is -0.455 e. The molecule has 0 radical (unpaired) electrons. The summed E-state index contributed by atoms with van der Waals surface area (Å²) in [6.07, 6.45) is -38.3. The van der Waals surface area contributed by atoms with E-state index < -0.39 is 66.4 Å². The second-order valence-electron chi connectivity index (χ2n) is 8.10. The second kappa shape index (κ2) is 10.6. The summed E-state index contributed by atoms with van der Waals surface area (Å²) in [6, 6.07) is 0. The first-order valence-corrected chi connectivity index (χ1v) is 9.70. The van der Waals surface area contributed by atoms with E-state index in [9.17, 15) is 79.4 Å². The van der Waals surface area contributed by atoms with E-state index in [0.717, 1.165) is 13.8 Å². The molecule has 228 valence electrons. The van der Waals surface area contributed by atoms with Crippen LogP contribution < -0.4 is 0 Å². The summed E-state index contributed by atoms with van der Waals surface area (Å²) in [4.78, 5) is 11.8. The Morgan fingerprint density at radius 1 is 0.605 bits per heavy atom. The predicted octanol–water partition coefficient (Wildman–Crippen LogP) is 7.76. The molecule has 0 fully saturated rings. The average Bonchev–Trinajstić information content (AvgIpc) is 2.63. The Balaban J connectivity index is 6.67. The smallest absolute Gasteiger partial charge is 0.455 e. The zero-order valence-electron chi connectivity index (χ0n) is 18.9. The van der Waals surface area contributed by atoms with E-state index >= 15 is 0 Å². The van der Waals surface area contributed by atoms with Gasteiger partial charge in [-0.15, -0.1) is 0 Å². The van der Waals surface area contributed by atoms with Gasteiger partial charge >= 0.3 is 54.3 Å². The topological polar surface area (TPSA) is 44.8 Å². The molecule has 0 saturated carbocycles. The van der Waals surface area contributed by atoms with E-state index in [-0.39, 0.29) is 6.42 Å². The highest BCUT2D eigenvalue weighted by atomic mass is 19.4. The SMILES string of the molecule is CCCCCC(C)(C)OC(=O)[C@](F)(OC(F)(F)[C@@](F)(OC(F)(F)C(F)(F)C(F)(F)F)C(F)(F)F)C(F)(F)F. The van der Waals surface area contributed by atoms with Gasteiger partial charge in [-0.05, 0) is 26.7 Å². The Morgan fingerprint density at radius 3 is 1.39 bits per heavy atom. The van der Waals surface area contributed by atoms with Gasteiger partial charge in [0.25, 0.3) is 0 Å². The van der Waals surface area contributed by atoms with Crippen LogP contribution in [0.2, 0.25) is 0 Å². The maximum atomic E-state index is 14.5. The molecule has 0 bridgehead atoms. The number of halogens is 17. The summed E-state index contributed by atoms with van der Waals surface area (Å²) < 4.78 is 230. The zero-order valence-corrected chi connectivity index (χ0v) is 18.9. The van der Waals surface area contributed by atoms with Gasteiger partial charge in [0.2, 0.25) is 0 Å². The molecular formula is C17H17F17O4. The highest BCUT2D eigenvalue weighted by molar-refractivity contribution is 5.79. The van der Waals surface area contributed by atoms with Crippen LogP contribution in [0.5, 0.6) is 0 Å². The van der Waals surface area contributed by atoms with Crippen LogP contribution in [0, 0.1) is 0 Å². The molecule has 38 heavy (non-hydrogen) atoms. The van der Waals surface area contributed by atoms with Crippen LogP contribution in [0.1, 0.15) is 46.5 Å². The van der Waals surface area contributed by atoms with Gasteiger partial charge in [-0.2, -0.15) is 74.6 Å². The number of hydrogen-bond acceptors (Lipinski definition) is 4. The van der Waals surface area contributed by atoms with Crippen molar-refractivity contribution in [1.29, 1.82) is 0 Å². The molecule has 0 N–H and O–H groups in total. The molecule has 0 rings (SSSR count). The first-order chi connectivity index (χ1) is 16.4. The van der Waals surface area contributed by atoms with Gasteiger partial charge in [-0.1, -0.05) is 19.8 Å². The van der Waals surface area contributed by atoms with E-state index in [2.05, 4.69) is 4.74 Å². The van der Waals surface area contributed by atoms with Gasteiger partial charge in [0, 0.05) is 0 Å². The average molecular weight is 608 g/mol. The number of carbonyl (C=O) groups is 1. The fourth-order valence-electron chi connectivity index (χ4n) is 2.31. The molecule has 0 aliphatic heterocycles. The summed E-state index contributed by atoms with van der Waals surface area (Å²) >= 11 is 0. The quantitative estimate of drug-likeness (QED) is 0.129. The van der Waals surface area contributed by atoms with E-state index in [4.69, 9.17) is 0 Å². The summed E-state index contributed by atoms with van der Waals surface area (Å²) in [7, 11) is 0. The molecule has 0 aliphatic carbocycles. The Kier molecular flexibility index (Phi) is 10.1. The number of ether oxygens (including phenoxy) is 3. The third kappa shape index (κ3) is 7.23. The Hall–Kier alpha value is -1.80. The summed E-state index contributed by atoms with van der Waals surface area (Å²) in [5, 5.41) is 0. The third-order valence-corrected chi connectivity index (χ3v) is 4.38. The molecule has 0 aromatic heterocycles. The molecule has 21 heteroatoms. The van der Waals surface area contributed by atoms with Crippen LogP contribution in [-0.4, -0.2) is 59.9 Å². The van der Waals surface area contributed by atoms with Crippen LogP contribution >= 0.6 is 0 Å². The molecule has 2 atom stereocenters. The van der Waals surface area contributed by atoms with Crippen LogP contribution in [0.4, 0.5) is 74.6 Å². The van der Waals surface area contributed by atoms with Gasteiger partial charge in [0.1, 0.15) is 5.60 Å². The molecule has 0 saturated heterocycles. The van der Waals surface area contributed by atoms with Gasteiger partial charge in [0.15, 0.2) is 0 Å². The molecule has 0 spiro atoms. The number of esters is 1. The Labute approximate surface area is 201 Å². The van der Waals surface area contributed by atoms with Crippen molar-refractivity contribution in [3.8, 4) is 0 Å². The summed E-state index contributed by atoms with van der Waals surface area (Å²) in [5.74, 6) is -26.4. The van der Waals surface area contributed by atoms with E-state index in [0.29, 0.717) is 12.8 Å². The molecule has 0 aromatic rings. The van der Waals surface area contributed by atoms with Crippen molar-refractivity contribution in [3.63, 3.8) is 0 Å². The Morgan fingerprint density at radius 2 is 1.05 bits per heavy atom. The van der Waals surface area contributed by atoms with E-state index in [1.807, 2.05) is 4.74 Å². The first kappa shape index (κ1) is 36.2. The Bertz CT molecular complexity index is 817. The van der Waals surface area contributed by atoms with Crippen molar-refractivity contribution in [2.45, 2.75) is 100 Å². The maximum Gasteiger partial charge on any atom is 0.462 e. The summed E-state index contributed by atoms with van der Waals surface area (Å²) in [6.45, 7) is 3.09. The standard InChI is InChI=1S/C17H17F17O4/c1-4-5-6-7-9(2,3)36-8(35)10(18,13(22,23)24)37-17(33,34)12(21,15(28,29)30)38-16(31,32)11(19,20)14(25,26)27/h4-7H2,1-3H3/t10-,12-/m0/s1. The lowest BCUT2D eigenvalue weighted by Crippen LogP contribution is -2.68. The van der Waals surface area contributed by atoms with Gasteiger partial charge in [-0.3, -0.25) is 9.47 Å². The lowest BCUT2D eigenvalue weighted by atomic mass is 10.0. The molecule has 4 nitrogen and oxygen atoms in total. The number of rotatable bonds is 12. The lowest BCUT2D eigenvalue weighted by Gasteiger charge is -2.40. The third-order valence-electron chi connectivity index (χ3n) is 4.38. The normalized spacial score (nSPS) is 18.1. The zero-order chi connectivity index (χ0) is 31.0. The number of unbranched alkanes of at least 4 members (excludes halogenated alkanes) is 2. The number of hydrogen-bond donors (Lipinski definition) is 0. The minimum absolute atomic E-state index is 0.0249. The van der Waals surface area contributed by atoms with Crippen molar-refractivity contribution < 1.29 is 93.6 Å². The first-order valence-electron chi connectivity index (χ1n) is 9.70. The van der Waals surface area contributed by atoms with E-state index in [1.165, 1.54) is 4.74 Å². The highest BCUT2D eigenvalue weighted by Crippen LogP contribution is 2.56. The van der Waals surface area contributed by atoms with Crippen LogP contribution in [-0.2, 0) is 19.0 Å². The highest BCUT2D eigenvalue weighted by Gasteiger charge is 2.85. The minimum atomic E-state index is -8.06. The fourth-order valence-corrected chi connectivity index (χ4v) is 2.31. The molecule has 0 unspecified atom stereocenters. The van der Waals surface area contributed by atoms with Crippen molar-refractivity contribution in [3.05, 3.63) is 0 Å². The lowest BCUT2D eigenvalue weighted by molar-refractivity contribution is -0.549. The molecule has 0 aromatic carbocycles.